The Balaban J connectivity index is 2.79. The molecule has 0 bridgehead atoms. The molecule has 0 amide bonds. The monoisotopic (exact) mass is 316 g/mol. The molecule has 0 aliphatic heterocycles. The minimum Gasteiger partial charge on any atom is -0.492 e. The van der Waals surface area contributed by atoms with E-state index in [1.54, 1.807) is 20.8 Å². The molecule has 118 valence electrons. The Kier molecular flexibility index (Phi) is 5.30. The summed E-state index contributed by atoms with van der Waals surface area (Å²) in [6.45, 7) is 4.92. The third-order valence-corrected chi connectivity index (χ3v) is 5.59. The van der Waals surface area contributed by atoms with Crippen LogP contribution in [-0.2, 0) is 16.4 Å². The van der Waals surface area contributed by atoms with Gasteiger partial charge >= 0.3 is 0 Å². The highest BCUT2D eigenvalue weighted by atomic mass is 32.2. The number of nitrogens with zero attached hydrogens (tertiary/aromatic N) is 1. The normalized spacial score (nSPS) is 12.2. The maximum atomic E-state index is 11.9. The lowest BCUT2D eigenvalue weighted by Gasteiger charge is -2.19. The second-order valence-corrected chi connectivity index (χ2v) is 8.40. The lowest BCUT2D eigenvalue weighted by atomic mass is 10.2. The van der Waals surface area contributed by atoms with Crippen LogP contribution in [0.4, 0.5) is 5.69 Å². The van der Waals surface area contributed by atoms with E-state index in [0.717, 1.165) is 0 Å². The lowest BCUT2D eigenvalue weighted by molar-refractivity contribution is -0.384. The quantitative estimate of drug-likeness (QED) is 0.630. The summed E-state index contributed by atoms with van der Waals surface area (Å²) in [4.78, 5) is 10.2. The minimum absolute atomic E-state index is 0.0234. The Morgan fingerprint density at radius 1 is 1.33 bits per heavy atom. The zero-order chi connectivity index (χ0) is 16.3. The van der Waals surface area contributed by atoms with Gasteiger partial charge in [0.25, 0.3) is 5.69 Å². The number of nitro groups is 1. The van der Waals surface area contributed by atoms with Crippen molar-refractivity contribution in [1.29, 1.82) is 0 Å². The summed E-state index contributed by atoms with van der Waals surface area (Å²) in [7, 11) is -3.27. The molecular formula is C13H20N2O5S. The van der Waals surface area contributed by atoms with Crippen LogP contribution in [0.5, 0.6) is 5.75 Å². The molecule has 0 unspecified atom stereocenters. The van der Waals surface area contributed by atoms with Gasteiger partial charge in [-0.1, -0.05) is 0 Å². The topological polar surface area (TPSA) is 113 Å². The maximum absolute atomic E-state index is 11.9. The fourth-order valence-corrected chi connectivity index (χ4v) is 2.46. The molecule has 0 saturated carbocycles. The van der Waals surface area contributed by atoms with Crippen LogP contribution in [0.3, 0.4) is 0 Å². The van der Waals surface area contributed by atoms with Gasteiger partial charge in [0.15, 0.2) is 9.84 Å². The highest BCUT2D eigenvalue weighted by Crippen LogP contribution is 2.24. The van der Waals surface area contributed by atoms with Crippen LogP contribution < -0.4 is 10.5 Å². The number of hydrogen-bond donors (Lipinski definition) is 1. The number of nitrogens with two attached hydrogens (primary N) is 1. The first kappa shape index (κ1) is 17.4. The van der Waals surface area contributed by atoms with Crippen LogP contribution in [0.15, 0.2) is 18.2 Å². The van der Waals surface area contributed by atoms with Gasteiger partial charge in [-0.3, -0.25) is 10.1 Å². The molecule has 8 heteroatoms. The fraction of sp³-hybridized carbons (Fsp3) is 0.538. The fourth-order valence-electron chi connectivity index (χ4n) is 1.55. The molecule has 0 heterocycles. The first-order valence-corrected chi connectivity index (χ1v) is 8.06. The van der Waals surface area contributed by atoms with Crippen molar-refractivity contribution in [2.75, 3.05) is 12.4 Å². The summed E-state index contributed by atoms with van der Waals surface area (Å²) in [5, 5.41) is 10.7. The van der Waals surface area contributed by atoms with Crippen molar-refractivity contribution in [2.24, 2.45) is 5.73 Å². The molecule has 21 heavy (non-hydrogen) atoms. The van der Waals surface area contributed by atoms with Crippen molar-refractivity contribution in [1.82, 2.24) is 0 Å². The summed E-state index contributed by atoms with van der Waals surface area (Å²) in [6.07, 6.45) is 0. The summed E-state index contributed by atoms with van der Waals surface area (Å²) in [5.74, 6) is 0.240. The third-order valence-electron chi connectivity index (χ3n) is 3.02. The molecule has 0 fully saturated rings. The molecule has 1 aromatic rings. The zero-order valence-electron chi connectivity index (χ0n) is 12.3. The summed E-state index contributed by atoms with van der Waals surface area (Å²) in [6, 6.07) is 4.06. The Hall–Kier alpha value is -1.67. The van der Waals surface area contributed by atoms with Gasteiger partial charge < -0.3 is 10.5 Å². The molecule has 1 aromatic carbocycles. The van der Waals surface area contributed by atoms with E-state index in [2.05, 4.69) is 0 Å². The van der Waals surface area contributed by atoms with Crippen molar-refractivity contribution in [2.45, 2.75) is 32.1 Å². The van der Waals surface area contributed by atoms with Gasteiger partial charge in [0, 0.05) is 24.2 Å². The van der Waals surface area contributed by atoms with Gasteiger partial charge in [0.1, 0.15) is 12.4 Å². The van der Waals surface area contributed by atoms with Crippen LogP contribution in [-0.4, -0.2) is 30.4 Å². The van der Waals surface area contributed by atoms with Crippen LogP contribution >= 0.6 is 0 Å². The number of hydrogen-bond acceptors (Lipinski definition) is 6. The Labute approximate surface area is 124 Å². The van der Waals surface area contributed by atoms with Crippen molar-refractivity contribution in [3.05, 3.63) is 33.9 Å². The van der Waals surface area contributed by atoms with Crippen molar-refractivity contribution in [3.63, 3.8) is 0 Å². The Morgan fingerprint density at radius 3 is 2.43 bits per heavy atom. The zero-order valence-corrected chi connectivity index (χ0v) is 13.1. The number of ether oxygens (including phenoxy) is 1. The standard InChI is InChI=1S/C13H20N2O5S/c1-13(2,3)21(18,19)7-6-20-12-5-4-11(15(16)17)8-10(12)9-14/h4-5,8H,6-7,9,14H2,1-3H3. The molecule has 7 nitrogen and oxygen atoms in total. The van der Waals surface area contributed by atoms with E-state index >= 15 is 0 Å². The van der Waals surface area contributed by atoms with Gasteiger partial charge in [-0.05, 0) is 26.8 Å². The number of non-ortho nitro benzene ring substituents is 1. The molecular weight excluding hydrogens is 296 g/mol. The number of nitro benzene ring substituents is 1. The van der Waals surface area contributed by atoms with Gasteiger partial charge in [-0.15, -0.1) is 0 Å². The molecule has 0 aliphatic carbocycles. The van der Waals surface area contributed by atoms with E-state index < -0.39 is 19.5 Å². The van der Waals surface area contributed by atoms with E-state index in [1.165, 1.54) is 18.2 Å². The van der Waals surface area contributed by atoms with Crippen LogP contribution in [0.25, 0.3) is 0 Å². The largest absolute Gasteiger partial charge is 0.492 e. The first-order valence-electron chi connectivity index (χ1n) is 6.41. The van der Waals surface area contributed by atoms with Gasteiger partial charge in [0.05, 0.1) is 15.4 Å². The molecule has 0 atom stereocenters. The SMILES string of the molecule is CC(C)(C)S(=O)(=O)CCOc1ccc([N+](=O)[O-])cc1CN. The van der Waals surface area contributed by atoms with Crippen molar-refractivity contribution >= 4 is 15.5 Å². The predicted octanol–water partition coefficient (Wildman–Crippen LogP) is 1.65. The molecule has 2 N–H and O–H groups in total. The highest BCUT2D eigenvalue weighted by Gasteiger charge is 2.28. The maximum Gasteiger partial charge on any atom is 0.270 e. The average molecular weight is 316 g/mol. The van der Waals surface area contributed by atoms with Gasteiger partial charge in [-0.25, -0.2) is 8.42 Å². The summed E-state index contributed by atoms with van der Waals surface area (Å²) >= 11 is 0. The average Bonchev–Trinajstić information content (AvgIpc) is 2.37. The van der Waals surface area contributed by atoms with Crippen LogP contribution in [0, 0.1) is 10.1 Å². The van der Waals surface area contributed by atoms with E-state index in [-0.39, 0.29) is 24.6 Å². The Bertz CT molecular complexity index is 620. The first-order chi connectivity index (χ1) is 9.58. The van der Waals surface area contributed by atoms with E-state index in [1.807, 2.05) is 0 Å². The molecule has 0 aromatic heterocycles. The molecule has 0 radical (unpaired) electrons. The van der Waals surface area contributed by atoms with Crippen molar-refractivity contribution < 1.29 is 18.1 Å². The highest BCUT2D eigenvalue weighted by molar-refractivity contribution is 7.92. The van der Waals surface area contributed by atoms with E-state index in [0.29, 0.717) is 11.3 Å². The van der Waals surface area contributed by atoms with Gasteiger partial charge in [-0.2, -0.15) is 0 Å². The number of rotatable bonds is 6. The number of sulfone groups is 1. The Morgan fingerprint density at radius 2 is 1.95 bits per heavy atom. The predicted molar refractivity (Wildman–Crippen MR) is 80.0 cm³/mol. The molecule has 0 spiro atoms. The number of benzene rings is 1. The second-order valence-electron chi connectivity index (χ2n) is 5.53. The second kappa shape index (κ2) is 6.40. The smallest absolute Gasteiger partial charge is 0.270 e. The third kappa shape index (κ3) is 4.40. The van der Waals surface area contributed by atoms with Crippen LogP contribution in [0.2, 0.25) is 0 Å². The van der Waals surface area contributed by atoms with Gasteiger partial charge in [0.2, 0.25) is 0 Å². The van der Waals surface area contributed by atoms with E-state index in [9.17, 15) is 18.5 Å². The summed E-state index contributed by atoms with van der Waals surface area (Å²) in [5.41, 5.74) is 5.92. The minimum atomic E-state index is -3.27. The molecule has 0 aliphatic rings. The van der Waals surface area contributed by atoms with E-state index in [4.69, 9.17) is 10.5 Å². The van der Waals surface area contributed by atoms with Crippen LogP contribution in [0.1, 0.15) is 26.3 Å². The van der Waals surface area contributed by atoms with Crippen molar-refractivity contribution in [3.8, 4) is 5.75 Å². The molecule has 1 rings (SSSR count). The molecule has 0 saturated heterocycles. The lowest BCUT2D eigenvalue weighted by Crippen LogP contribution is -2.32. The summed E-state index contributed by atoms with van der Waals surface area (Å²) < 4.78 is 28.5.